The third-order valence-electron chi connectivity index (χ3n) is 0.819. The molecule has 0 unspecified atom stereocenters. The van der Waals surface area contributed by atoms with Crippen molar-refractivity contribution in [1.82, 2.24) is 2.52 Å². The molecule has 0 aliphatic rings. The normalized spacial score (nSPS) is 10.5. The van der Waals surface area contributed by atoms with Crippen LogP contribution >= 0.6 is 22.9 Å². The van der Waals surface area contributed by atoms with Gasteiger partial charge < -0.3 is 0 Å². The Labute approximate surface area is 75.2 Å². The van der Waals surface area contributed by atoms with Gasteiger partial charge in [0.05, 0.1) is 22.9 Å². The van der Waals surface area contributed by atoms with Gasteiger partial charge in [0.25, 0.3) is 0 Å². The molecule has 1 amide bonds. The molecule has 0 saturated carbocycles. The fraction of sp³-hybridized carbons (Fsp3) is 0.750. The number of carbonyl (C=O) groups is 1. The van der Waals surface area contributed by atoms with Gasteiger partial charge in [0.1, 0.15) is 0 Å². The van der Waals surface area contributed by atoms with E-state index in [4.69, 9.17) is 0 Å². The Morgan fingerprint density at radius 1 is 1.50 bits per heavy atom. The second kappa shape index (κ2) is 4.12. The van der Waals surface area contributed by atoms with Crippen LogP contribution in [0.2, 0.25) is 0 Å². The van der Waals surface area contributed by atoms with Gasteiger partial charge in [-0.25, -0.2) is 8.42 Å². The molecular weight excluding hydrogens is 269 g/mol. The lowest BCUT2D eigenvalue weighted by Gasteiger charge is -2.07. The highest BCUT2D eigenvalue weighted by Gasteiger charge is 2.15. The van der Waals surface area contributed by atoms with E-state index in [0.29, 0.717) is 2.52 Å². The minimum Gasteiger partial charge on any atom is -0.273 e. The molecule has 0 saturated heterocycles. The molecule has 60 valence electrons. The van der Waals surface area contributed by atoms with Crippen LogP contribution in [-0.2, 0) is 15.7 Å². The van der Waals surface area contributed by atoms with Gasteiger partial charge >= 0.3 is 0 Å². The van der Waals surface area contributed by atoms with Gasteiger partial charge in [-0.1, -0.05) is 13.8 Å². The Kier molecular flexibility index (Phi) is 4.18. The minimum atomic E-state index is -2.76. The van der Waals surface area contributed by atoms with Crippen LogP contribution in [0.1, 0.15) is 13.8 Å². The van der Waals surface area contributed by atoms with Crippen LogP contribution in [0, 0.1) is 5.92 Å². The maximum Gasteiger partial charge on any atom is 0.247 e. The number of nitrogens with zero attached hydrogens (tertiary/aromatic N) is 1. The molecule has 0 aliphatic heterocycles. The summed E-state index contributed by atoms with van der Waals surface area (Å²) in [6.45, 7) is 3.29. The Balaban J connectivity index is 4.22. The number of amides is 1. The Morgan fingerprint density at radius 3 is 2.00 bits per heavy atom. The van der Waals surface area contributed by atoms with E-state index in [0.717, 1.165) is 0 Å². The van der Waals surface area contributed by atoms with Crippen molar-refractivity contribution in [2.24, 2.45) is 5.92 Å². The second-order valence-corrected chi connectivity index (χ2v) is 4.59. The summed E-state index contributed by atoms with van der Waals surface area (Å²) in [6, 6.07) is 0. The van der Waals surface area contributed by atoms with Gasteiger partial charge in [0, 0.05) is 5.92 Å². The molecule has 10 heavy (non-hydrogen) atoms. The molecule has 0 fully saturated rings. The SMILES string of the molecule is CC(C)C(=O)N(I)[SH](=O)=O. The molecule has 0 aromatic rings. The maximum atomic E-state index is 10.8. The lowest BCUT2D eigenvalue weighted by atomic mass is 10.2. The lowest BCUT2D eigenvalue weighted by Crippen LogP contribution is -2.23. The van der Waals surface area contributed by atoms with Crippen LogP contribution in [0.25, 0.3) is 0 Å². The molecule has 0 rings (SSSR count). The fourth-order valence-corrected chi connectivity index (χ4v) is 1.24. The standard InChI is InChI=1S/C4H8INO3S/c1-3(2)4(7)6(5)10(8)9/h3,10H,1-2H3. The largest absolute Gasteiger partial charge is 0.273 e. The summed E-state index contributed by atoms with van der Waals surface area (Å²) >= 11 is 1.46. The predicted octanol–water partition coefficient (Wildman–Crippen LogP) is 0.347. The molecule has 0 bridgehead atoms. The summed E-state index contributed by atoms with van der Waals surface area (Å²) in [5, 5.41) is 0. The summed E-state index contributed by atoms with van der Waals surface area (Å²) in [5.41, 5.74) is 0. The highest BCUT2D eigenvalue weighted by molar-refractivity contribution is 14.1. The average molecular weight is 277 g/mol. The Morgan fingerprint density at radius 2 is 1.90 bits per heavy atom. The first kappa shape index (κ1) is 10.2. The van der Waals surface area contributed by atoms with Crippen molar-refractivity contribution in [3.05, 3.63) is 0 Å². The summed E-state index contributed by atoms with van der Waals surface area (Å²) in [4.78, 5) is 10.8. The van der Waals surface area contributed by atoms with Gasteiger partial charge in [0.2, 0.25) is 16.8 Å². The average Bonchev–Trinajstić information content (AvgIpc) is 1.84. The van der Waals surface area contributed by atoms with Gasteiger partial charge in [-0.05, 0) is 0 Å². The molecule has 6 heteroatoms. The third kappa shape index (κ3) is 2.82. The zero-order chi connectivity index (χ0) is 8.31. The fourth-order valence-electron chi connectivity index (χ4n) is 0.294. The van der Waals surface area contributed by atoms with E-state index in [1.165, 1.54) is 22.9 Å². The van der Waals surface area contributed by atoms with E-state index >= 15 is 0 Å². The number of hydrogen-bond donors (Lipinski definition) is 1. The van der Waals surface area contributed by atoms with Crippen LogP contribution in [0.5, 0.6) is 0 Å². The van der Waals surface area contributed by atoms with E-state index < -0.39 is 16.8 Å². The van der Waals surface area contributed by atoms with Crippen molar-refractivity contribution in [2.45, 2.75) is 13.8 Å². The zero-order valence-electron chi connectivity index (χ0n) is 5.57. The number of rotatable bonds is 2. The molecular formula is C4H8INO3S. The number of hydrogen-bond acceptors (Lipinski definition) is 3. The van der Waals surface area contributed by atoms with E-state index in [2.05, 4.69) is 0 Å². The van der Waals surface area contributed by atoms with Crippen molar-refractivity contribution in [2.75, 3.05) is 0 Å². The zero-order valence-corrected chi connectivity index (χ0v) is 8.63. The Bertz CT molecular complexity index is 193. The molecule has 0 atom stereocenters. The van der Waals surface area contributed by atoms with Gasteiger partial charge in [-0.2, -0.15) is 2.52 Å². The summed E-state index contributed by atoms with van der Waals surface area (Å²) in [6.07, 6.45) is 0. The third-order valence-corrected chi connectivity index (χ3v) is 2.84. The highest BCUT2D eigenvalue weighted by atomic mass is 127. The maximum absolute atomic E-state index is 10.8. The molecule has 0 heterocycles. The highest BCUT2D eigenvalue weighted by Crippen LogP contribution is 2.06. The summed E-state index contributed by atoms with van der Waals surface area (Å²) in [7, 11) is -2.76. The smallest absolute Gasteiger partial charge is 0.247 e. The van der Waals surface area contributed by atoms with Crippen LogP contribution in [0.15, 0.2) is 0 Å². The van der Waals surface area contributed by atoms with Crippen molar-refractivity contribution in [1.29, 1.82) is 0 Å². The minimum absolute atomic E-state index is 0.273. The molecule has 0 radical (unpaired) electrons. The molecule has 0 N–H and O–H groups in total. The van der Waals surface area contributed by atoms with Crippen LogP contribution < -0.4 is 0 Å². The first-order valence-electron chi connectivity index (χ1n) is 2.61. The molecule has 0 aromatic carbocycles. The van der Waals surface area contributed by atoms with E-state index in [-0.39, 0.29) is 5.92 Å². The lowest BCUT2D eigenvalue weighted by molar-refractivity contribution is -0.125. The number of thiol groups is 1. The van der Waals surface area contributed by atoms with E-state index in [1.54, 1.807) is 13.8 Å². The van der Waals surface area contributed by atoms with Crippen molar-refractivity contribution in [3.8, 4) is 0 Å². The van der Waals surface area contributed by atoms with Gasteiger partial charge in [0.15, 0.2) is 0 Å². The molecule has 0 aromatic heterocycles. The van der Waals surface area contributed by atoms with Crippen LogP contribution in [-0.4, -0.2) is 16.8 Å². The quantitative estimate of drug-likeness (QED) is 0.450. The first-order chi connectivity index (χ1) is 4.46. The molecule has 0 spiro atoms. The number of carbonyl (C=O) groups excluding carboxylic acids is 1. The van der Waals surface area contributed by atoms with Gasteiger partial charge in [-0.3, -0.25) is 4.79 Å². The van der Waals surface area contributed by atoms with Crippen molar-refractivity contribution in [3.63, 3.8) is 0 Å². The summed E-state index contributed by atoms with van der Waals surface area (Å²) in [5.74, 6) is -0.665. The van der Waals surface area contributed by atoms with Gasteiger partial charge in [-0.15, -0.1) is 0 Å². The van der Waals surface area contributed by atoms with Crippen LogP contribution in [0.3, 0.4) is 0 Å². The van der Waals surface area contributed by atoms with Crippen LogP contribution in [0.4, 0.5) is 0 Å². The Hall–Kier alpha value is 0.150. The first-order valence-corrected chi connectivity index (χ1v) is 4.70. The molecule has 4 nitrogen and oxygen atoms in total. The second-order valence-electron chi connectivity index (χ2n) is 1.99. The topological polar surface area (TPSA) is 54.5 Å². The van der Waals surface area contributed by atoms with Crippen molar-refractivity contribution >= 4 is 39.7 Å². The molecule has 0 aliphatic carbocycles. The van der Waals surface area contributed by atoms with Crippen molar-refractivity contribution < 1.29 is 13.2 Å². The van der Waals surface area contributed by atoms with E-state index in [9.17, 15) is 13.2 Å². The monoisotopic (exact) mass is 277 g/mol. The van der Waals surface area contributed by atoms with E-state index in [1.807, 2.05) is 0 Å². The number of halogens is 1. The predicted molar refractivity (Wildman–Crippen MR) is 46.0 cm³/mol. The summed E-state index contributed by atoms with van der Waals surface area (Å²) < 4.78 is 21.1.